The molecule has 0 radical (unpaired) electrons. The maximum atomic E-state index is 6.08. The van der Waals surface area contributed by atoms with Crippen molar-refractivity contribution < 1.29 is 4.74 Å². The molecule has 0 saturated heterocycles. The van der Waals surface area contributed by atoms with Gasteiger partial charge in [-0.1, -0.05) is 52.3 Å². The summed E-state index contributed by atoms with van der Waals surface area (Å²) in [6.07, 6.45) is 1.09. The molecule has 2 nitrogen and oxygen atoms in total. The van der Waals surface area contributed by atoms with Crippen LogP contribution in [-0.2, 0) is 0 Å². The van der Waals surface area contributed by atoms with E-state index in [0.717, 1.165) is 12.2 Å². The Morgan fingerprint density at radius 3 is 2.41 bits per heavy atom. The second-order valence-corrected chi connectivity index (χ2v) is 5.05. The second kappa shape index (κ2) is 6.65. The Balaban J connectivity index is 2.63. The number of ether oxygens (including phenoxy) is 1. The number of nitrogens with two attached hydrogens (primary N) is 1. The molecule has 2 unspecified atom stereocenters. The lowest BCUT2D eigenvalue weighted by Crippen LogP contribution is -2.34. The molecule has 0 saturated carbocycles. The Bertz CT molecular complexity index is 335. The molecule has 1 rings (SSSR count). The van der Waals surface area contributed by atoms with E-state index in [1.807, 2.05) is 12.1 Å². The van der Waals surface area contributed by atoms with Gasteiger partial charge in [-0.2, -0.15) is 0 Å². The summed E-state index contributed by atoms with van der Waals surface area (Å²) in [4.78, 5) is 0. The molecule has 2 N–H and O–H groups in total. The fourth-order valence-electron chi connectivity index (χ4n) is 1.74. The Hall–Kier alpha value is -1.02. The van der Waals surface area contributed by atoms with Gasteiger partial charge in [0.2, 0.25) is 0 Å². The van der Waals surface area contributed by atoms with E-state index in [1.54, 1.807) is 0 Å². The summed E-state index contributed by atoms with van der Waals surface area (Å²) in [5.74, 6) is 1.95. The Kier molecular flexibility index (Phi) is 5.49. The minimum absolute atomic E-state index is 0.111. The molecule has 17 heavy (non-hydrogen) atoms. The molecule has 0 aliphatic carbocycles. The molecular formula is C15H25NO. The number of hydrogen-bond acceptors (Lipinski definition) is 2. The van der Waals surface area contributed by atoms with Crippen molar-refractivity contribution in [3.8, 4) is 5.75 Å². The lowest BCUT2D eigenvalue weighted by Gasteiger charge is -2.20. The van der Waals surface area contributed by atoms with E-state index in [-0.39, 0.29) is 6.04 Å². The third-order valence-corrected chi connectivity index (χ3v) is 3.35. The van der Waals surface area contributed by atoms with Gasteiger partial charge in [-0.15, -0.1) is 0 Å². The summed E-state index contributed by atoms with van der Waals surface area (Å²) in [5.41, 5.74) is 7.33. The maximum Gasteiger partial charge on any atom is 0.122 e. The quantitative estimate of drug-likeness (QED) is 0.818. The molecule has 0 aromatic heterocycles. The van der Waals surface area contributed by atoms with E-state index in [1.165, 1.54) is 5.56 Å². The first-order chi connectivity index (χ1) is 8.06. The van der Waals surface area contributed by atoms with Gasteiger partial charge >= 0.3 is 0 Å². The number of para-hydroxylation sites is 1. The Morgan fingerprint density at radius 1 is 1.18 bits per heavy atom. The molecule has 0 bridgehead atoms. The van der Waals surface area contributed by atoms with Crippen molar-refractivity contribution in [1.29, 1.82) is 0 Å². The molecule has 1 aromatic rings. The predicted molar refractivity (Wildman–Crippen MR) is 73.5 cm³/mol. The third-order valence-electron chi connectivity index (χ3n) is 3.35. The molecule has 0 aliphatic heterocycles. The number of rotatable bonds is 6. The summed E-state index contributed by atoms with van der Waals surface area (Å²) >= 11 is 0. The third kappa shape index (κ3) is 4.04. The molecule has 1 aromatic carbocycles. The van der Waals surface area contributed by atoms with E-state index < -0.39 is 0 Å². The smallest absolute Gasteiger partial charge is 0.122 e. The normalized spacial score (nSPS) is 14.7. The highest BCUT2D eigenvalue weighted by atomic mass is 16.5. The lowest BCUT2D eigenvalue weighted by atomic mass is 10.0. The summed E-state index contributed by atoms with van der Waals surface area (Å²) in [7, 11) is 0. The van der Waals surface area contributed by atoms with Crippen LogP contribution in [0, 0.1) is 5.92 Å². The zero-order valence-corrected chi connectivity index (χ0v) is 11.4. The minimum atomic E-state index is 0.111. The van der Waals surface area contributed by atoms with Gasteiger partial charge in [0.05, 0.1) is 0 Å². The molecule has 0 spiro atoms. The first-order valence-corrected chi connectivity index (χ1v) is 6.53. The van der Waals surface area contributed by atoms with Crippen molar-refractivity contribution in [3.63, 3.8) is 0 Å². The lowest BCUT2D eigenvalue weighted by molar-refractivity contribution is 0.248. The van der Waals surface area contributed by atoms with Crippen molar-refractivity contribution in [3.05, 3.63) is 29.8 Å². The van der Waals surface area contributed by atoms with Crippen LogP contribution in [0.1, 0.15) is 45.6 Å². The average molecular weight is 235 g/mol. The van der Waals surface area contributed by atoms with E-state index in [4.69, 9.17) is 10.5 Å². The van der Waals surface area contributed by atoms with E-state index in [2.05, 4.69) is 39.8 Å². The van der Waals surface area contributed by atoms with Gasteiger partial charge < -0.3 is 10.5 Å². The van der Waals surface area contributed by atoms with Gasteiger partial charge in [-0.05, 0) is 23.5 Å². The highest BCUT2D eigenvalue weighted by Crippen LogP contribution is 2.26. The van der Waals surface area contributed by atoms with Crippen molar-refractivity contribution in [1.82, 2.24) is 0 Å². The average Bonchev–Trinajstić information content (AvgIpc) is 2.35. The van der Waals surface area contributed by atoms with Gasteiger partial charge in [0, 0.05) is 6.04 Å². The summed E-state index contributed by atoms with van der Waals surface area (Å²) in [5, 5.41) is 0. The molecule has 0 amide bonds. The fourth-order valence-corrected chi connectivity index (χ4v) is 1.74. The van der Waals surface area contributed by atoms with Crippen LogP contribution in [0.15, 0.2) is 24.3 Å². The van der Waals surface area contributed by atoms with Crippen LogP contribution in [0.25, 0.3) is 0 Å². The summed E-state index contributed by atoms with van der Waals surface area (Å²) in [6.45, 7) is 9.28. The topological polar surface area (TPSA) is 35.2 Å². The second-order valence-electron chi connectivity index (χ2n) is 5.05. The van der Waals surface area contributed by atoms with Gasteiger partial charge in [-0.25, -0.2) is 0 Å². The van der Waals surface area contributed by atoms with Gasteiger partial charge in [0.25, 0.3) is 0 Å². The van der Waals surface area contributed by atoms with Crippen LogP contribution in [0.2, 0.25) is 0 Å². The molecule has 2 heteroatoms. The van der Waals surface area contributed by atoms with Crippen molar-refractivity contribution in [2.24, 2.45) is 11.7 Å². The van der Waals surface area contributed by atoms with Gasteiger partial charge in [-0.3, -0.25) is 0 Å². The van der Waals surface area contributed by atoms with Crippen LogP contribution in [0.5, 0.6) is 5.75 Å². The van der Waals surface area contributed by atoms with E-state index in [9.17, 15) is 0 Å². The van der Waals surface area contributed by atoms with E-state index >= 15 is 0 Å². The van der Waals surface area contributed by atoms with Crippen LogP contribution < -0.4 is 10.5 Å². The molecule has 0 heterocycles. The molecule has 96 valence electrons. The Morgan fingerprint density at radius 2 is 1.82 bits per heavy atom. The monoisotopic (exact) mass is 235 g/mol. The molecule has 2 atom stereocenters. The number of benzene rings is 1. The Labute approximate surface area is 105 Å². The summed E-state index contributed by atoms with van der Waals surface area (Å²) < 4.78 is 5.86. The van der Waals surface area contributed by atoms with Crippen LogP contribution >= 0.6 is 0 Å². The first kappa shape index (κ1) is 14.0. The van der Waals surface area contributed by atoms with Crippen LogP contribution in [-0.4, -0.2) is 12.6 Å². The highest BCUT2D eigenvalue weighted by Gasteiger charge is 2.13. The standard InChI is InChI=1S/C15H25NO/c1-5-12(4)14(16)10-17-15-9-7-6-8-13(15)11(2)3/h6-9,11-12,14H,5,10,16H2,1-4H3. The molecule has 0 fully saturated rings. The van der Waals surface area contributed by atoms with Gasteiger partial charge in [0.15, 0.2) is 0 Å². The zero-order valence-electron chi connectivity index (χ0n) is 11.4. The minimum Gasteiger partial charge on any atom is -0.492 e. The van der Waals surface area contributed by atoms with Gasteiger partial charge in [0.1, 0.15) is 12.4 Å². The summed E-state index contributed by atoms with van der Waals surface area (Å²) in [6, 6.07) is 8.32. The van der Waals surface area contributed by atoms with Crippen molar-refractivity contribution >= 4 is 0 Å². The van der Waals surface area contributed by atoms with Crippen molar-refractivity contribution in [2.45, 2.75) is 46.1 Å². The van der Waals surface area contributed by atoms with Crippen molar-refractivity contribution in [2.75, 3.05) is 6.61 Å². The first-order valence-electron chi connectivity index (χ1n) is 6.53. The zero-order chi connectivity index (χ0) is 12.8. The van der Waals surface area contributed by atoms with Crippen LogP contribution in [0.3, 0.4) is 0 Å². The molecule has 0 aliphatic rings. The SMILES string of the molecule is CCC(C)C(N)COc1ccccc1C(C)C. The fraction of sp³-hybridized carbons (Fsp3) is 0.600. The number of hydrogen-bond donors (Lipinski definition) is 1. The van der Waals surface area contributed by atoms with E-state index in [0.29, 0.717) is 18.4 Å². The highest BCUT2D eigenvalue weighted by molar-refractivity contribution is 5.35. The molecular weight excluding hydrogens is 210 g/mol. The maximum absolute atomic E-state index is 6.08. The largest absolute Gasteiger partial charge is 0.492 e. The predicted octanol–water partition coefficient (Wildman–Crippen LogP) is 3.56. The van der Waals surface area contributed by atoms with Crippen LogP contribution in [0.4, 0.5) is 0 Å².